The van der Waals surface area contributed by atoms with E-state index in [1.807, 2.05) is 31.2 Å². The Morgan fingerprint density at radius 3 is 2.79 bits per heavy atom. The third kappa shape index (κ3) is 7.08. The number of benzene rings is 1. The molecule has 19 heavy (non-hydrogen) atoms. The zero-order valence-corrected chi connectivity index (χ0v) is 11.0. The predicted octanol–water partition coefficient (Wildman–Crippen LogP) is 1.74. The highest BCUT2D eigenvalue weighted by atomic mass is 16.5. The summed E-state index contributed by atoms with van der Waals surface area (Å²) in [7, 11) is 0. The van der Waals surface area contributed by atoms with Crippen molar-refractivity contribution >= 4 is 11.9 Å². The zero-order valence-electron chi connectivity index (χ0n) is 11.0. The SMILES string of the molecule is Cc1cccc(OCCC(=O)NCCCC(=O)O)c1. The van der Waals surface area contributed by atoms with Crippen molar-refractivity contribution in [2.75, 3.05) is 13.2 Å². The Bertz CT molecular complexity index is 431. The van der Waals surface area contributed by atoms with E-state index < -0.39 is 5.97 Å². The van der Waals surface area contributed by atoms with Gasteiger partial charge in [-0.2, -0.15) is 0 Å². The molecule has 1 aromatic rings. The van der Waals surface area contributed by atoms with E-state index in [1.165, 1.54) is 0 Å². The summed E-state index contributed by atoms with van der Waals surface area (Å²) in [5.41, 5.74) is 1.11. The highest BCUT2D eigenvalue weighted by Crippen LogP contribution is 2.12. The molecule has 2 N–H and O–H groups in total. The summed E-state index contributed by atoms with van der Waals surface area (Å²) < 4.78 is 5.45. The van der Waals surface area contributed by atoms with Crippen molar-refractivity contribution in [1.82, 2.24) is 5.32 Å². The van der Waals surface area contributed by atoms with Gasteiger partial charge in [-0.25, -0.2) is 0 Å². The van der Waals surface area contributed by atoms with Crippen LogP contribution in [0, 0.1) is 6.92 Å². The second-order valence-corrected chi connectivity index (χ2v) is 4.26. The first-order chi connectivity index (χ1) is 9.08. The molecular weight excluding hydrogens is 246 g/mol. The third-order valence-electron chi connectivity index (χ3n) is 2.48. The molecule has 104 valence electrons. The Balaban J connectivity index is 2.12. The van der Waals surface area contributed by atoms with Crippen LogP contribution in [0.25, 0.3) is 0 Å². The number of rotatable bonds is 8. The van der Waals surface area contributed by atoms with Crippen LogP contribution in [0.1, 0.15) is 24.8 Å². The van der Waals surface area contributed by atoms with Gasteiger partial charge >= 0.3 is 5.97 Å². The first-order valence-electron chi connectivity index (χ1n) is 6.26. The van der Waals surface area contributed by atoms with E-state index in [0.29, 0.717) is 19.6 Å². The normalized spacial score (nSPS) is 9.95. The molecular formula is C14H19NO4. The number of aryl methyl sites for hydroxylation is 1. The minimum Gasteiger partial charge on any atom is -0.493 e. The van der Waals surface area contributed by atoms with Crippen LogP contribution < -0.4 is 10.1 Å². The smallest absolute Gasteiger partial charge is 0.303 e. The van der Waals surface area contributed by atoms with Gasteiger partial charge in [-0.3, -0.25) is 9.59 Å². The fourth-order valence-electron chi connectivity index (χ4n) is 1.52. The summed E-state index contributed by atoms with van der Waals surface area (Å²) in [6.07, 6.45) is 0.779. The molecule has 0 aliphatic carbocycles. The number of hydrogen-bond acceptors (Lipinski definition) is 3. The maximum absolute atomic E-state index is 11.4. The first kappa shape index (κ1) is 15.0. The van der Waals surface area contributed by atoms with Crippen molar-refractivity contribution in [2.24, 2.45) is 0 Å². The van der Waals surface area contributed by atoms with Crippen molar-refractivity contribution < 1.29 is 19.4 Å². The number of ether oxygens (including phenoxy) is 1. The lowest BCUT2D eigenvalue weighted by Crippen LogP contribution is -2.26. The van der Waals surface area contributed by atoms with Crippen LogP contribution in [0.3, 0.4) is 0 Å². The second-order valence-electron chi connectivity index (χ2n) is 4.26. The lowest BCUT2D eigenvalue weighted by Gasteiger charge is -2.07. The van der Waals surface area contributed by atoms with Crippen LogP contribution in [0.15, 0.2) is 24.3 Å². The Hall–Kier alpha value is -2.04. The Morgan fingerprint density at radius 2 is 2.11 bits per heavy atom. The van der Waals surface area contributed by atoms with Gasteiger partial charge < -0.3 is 15.2 Å². The number of nitrogens with one attached hydrogen (secondary N) is 1. The third-order valence-corrected chi connectivity index (χ3v) is 2.48. The molecule has 1 amide bonds. The minimum absolute atomic E-state index is 0.0695. The molecule has 5 nitrogen and oxygen atoms in total. The molecule has 0 heterocycles. The van der Waals surface area contributed by atoms with Crippen molar-refractivity contribution in [2.45, 2.75) is 26.2 Å². The average molecular weight is 265 g/mol. The number of aliphatic carboxylic acids is 1. The second kappa shape index (κ2) is 8.13. The molecule has 0 aliphatic heterocycles. The van der Waals surface area contributed by atoms with Gasteiger partial charge in [0, 0.05) is 13.0 Å². The van der Waals surface area contributed by atoms with E-state index in [4.69, 9.17) is 9.84 Å². The Morgan fingerprint density at radius 1 is 1.32 bits per heavy atom. The average Bonchev–Trinajstić information content (AvgIpc) is 2.34. The van der Waals surface area contributed by atoms with Crippen molar-refractivity contribution in [1.29, 1.82) is 0 Å². The fourth-order valence-corrected chi connectivity index (χ4v) is 1.52. The predicted molar refractivity (Wildman–Crippen MR) is 71.2 cm³/mol. The molecule has 0 saturated heterocycles. The van der Waals surface area contributed by atoms with E-state index >= 15 is 0 Å². The largest absolute Gasteiger partial charge is 0.493 e. The molecule has 0 spiro atoms. The van der Waals surface area contributed by atoms with Gasteiger partial charge in [0.05, 0.1) is 13.0 Å². The van der Waals surface area contributed by atoms with Crippen LogP contribution >= 0.6 is 0 Å². The van der Waals surface area contributed by atoms with Crippen molar-refractivity contribution in [3.05, 3.63) is 29.8 Å². The summed E-state index contributed by atoms with van der Waals surface area (Å²) in [6, 6.07) is 7.63. The number of amides is 1. The van der Waals surface area contributed by atoms with Crippen molar-refractivity contribution in [3.63, 3.8) is 0 Å². The summed E-state index contributed by atoms with van der Waals surface area (Å²) in [5, 5.41) is 11.1. The number of carbonyl (C=O) groups is 2. The zero-order chi connectivity index (χ0) is 14.1. The van der Waals surface area contributed by atoms with Crippen LogP contribution in [0.2, 0.25) is 0 Å². The van der Waals surface area contributed by atoms with Crippen LogP contribution in [0.5, 0.6) is 5.75 Å². The van der Waals surface area contributed by atoms with Gasteiger partial charge in [0.15, 0.2) is 0 Å². The maximum Gasteiger partial charge on any atom is 0.303 e. The standard InChI is InChI=1S/C14H19NO4/c1-11-4-2-5-12(10-11)19-9-7-13(16)15-8-3-6-14(17)18/h2,4-5,10H,3,6-9H2,1H3,(H,15,16)(H,17,18). The van der Waals surface area contributed by atoms with E-state index in [-0.39, 0.29) is 18.7 Å². The van der Waals surface area contributed by atoms with Crippen LogP contribution in [-0.2, 0) is 9.59 Å². The van der Waals surface area contributed by atoms with Crippen LogP contribution in [0.4, 0.5) is 0 Å². The molecule has 0 bridgehead atoms. The van der Waals surface area contributed by atoms with Gasteiger partial charge in [0.2, 0.25) is 5.91 Å². The Labute approximate surface area is 112 Å². The van der Waals surface area contributed by atoms with E-state index in [0.717, 1.165) is 11.3 Å². The van der Waals surface area contributed by atoms with Gasteiger partial charge in [-0.15, -0.1) is 0 Å². The summed E-state index contributed by atoms with van der Waals surface area (Å²) in [4.78, 5) is 21.7. The van der Waals surface area contributed by atoms with Gasteiger partial charge in [0.25, 0.3) is 0 Å². The molecule has 0 aromatic heterocycles. The Kier molecular flexibility index (Phi) is 6.43. The summed E-state index contributed by atoms with van der Waals surface area (Å²) in [5.74, 6) is -0.228. The first-order valence-corrected chi connectivity index (χ1v) is 6.26. The summed E-state index contributed by atoms with van der Waals surface area (Å²) >= 11 is 0. The van der Waals surface area contributed by atoms with Gasteiger partial charge in [-0.1, -0.05) is 12.1 Å². The number of hydrogen-bond donors (Lipinski definition) is 2. The number of carboxylic acids is 1. The summed E-state index contributed by atoms with van der Waals surface area (Å²) in [6.45, 7) is 2.67. The molecule has 0 atom stereocenters. The molecule has 0 saturated carbocycles. The highest BCUT2D eigenvalue weighted by molar-refractivity contribution is 5.76. The lowest BCUT2D eigenvalue weighted by molar-refractivity contribution is -0.137. The number of carboxylic acid groups (broad SMARTS) is 1. The van der Waals surface area contributed by atoms with Gasteiger partial charge in [-0.05, 0) is 31.0 Å². The van der Waals surface area contributed by atoms with Crippen LogP contribution in [-0.4, -0.2) is 30.1 Å². The lowest BCUT2D eigenvalue weighted by atomic mass is 10.2. The molecule has 0 radical (unpaired) electrons. The van der Waals surface area contributed by atoms with E-state index in [1.54, 1.807) is 0 Å². The molecule has 1 aromatic carbocycles. The quantitative estimate of drug-likeness (QED) is 0.702. The van der Waals surface area contributed by atoms with E-state index in [2.05, 4.69) is 5.32 Å². The molecule has 1 rings (SSSR count). The minimum atomic E-state index is -0.850. The molecule has 0 aliphatic rings. The van der Waals surface area contributed by atoms with Crippen molar-refractivity contribution in [3.8, 4) is 5.75 Å². The van der Waals surface area contributed by atoms with E-state index in [9.17, 15) is 9.59 Å². The molecule has 5 heteroatoms. The fraction of sp³-hybridized carbons (Fsp3) is 0.429. The topological polar surface area (TPSA) is 75.6 Å². The maximum atomic E-state index is 11.4. The highest BCUT2D eigenvalue weighted by Gasteiger charge is 2.02. The molecule has 0 fully saturated rings. The molecule has 0 unspecified atom stereocenters. The van der Waals surface area contributed by atoms with Gasteiger partial charge in [0.1, 0.15) is 5.75 Å². The monoisotopic (exact) mass is 265 g/mol. The number of carbonyl (C=O) groups excluding carboxylic acids is 1.